The van der Waals surface area contributed by atoms with Gasteiger partial charge in [-0.15, -0.1) is 0 Å². The summed E-state index contributed by atoms with van der Waals surface area (Å²) in [5.41, 5.74) is -1.16. The first kappa shape index (κ1) is 20.3. The third-order valence-corrected chi connectivity index (χ3v) is 3.84. The lowest BCUT2D eigenvalue weighted by atomic mass is 10.1. The first-order valence-electron chi connectivity index (χ1n) is 7.15. The van der Waals surface area contributed by atoms with Crippen LogP contribution in [0.3, 0.4) is 0 Å². The summed E-state index contributed by atoms with van der Waals surface area (Å²) < 4.78 is 52.1. The summed E-state index contributed by atoms with van der Waals surface area (Å²) in [6.45, 7) is -0.380. The molecule has 0 saturated carbocycles. The highest BCUT2D eigenvalue weighted by atomic mass is 35.5. The molecule has 1 amide bonds. The Morgan fingerprint density at radius 1 is 1.12 bits per heavy atom. The van der Waals surface area contributed by atoms with Crippen molar-refractivity contribution in [2.24, 2.45) is 0 Å². The zero-order valence-corrected chi connectivity index (χ0v) is 14.4. The van der Waals surface area contributed by atoms with Gasteiger partial charge in [0.05, 0.1) is 33.5 Å². The van der Waals surface area contributed by atoms with Crippen LogP contribution in [0.2, 0.25) is 10.0 Å². The lowest BCUT2D eigenvalue weighted by molar-refractivity contribution is -0.137. The Morgan fingerprint density at radius 3 is 2.27 bits per heavy atom. The lowest BCUT2D eigenvalue weighted by Gasteiger charge is -2.15. The number of anilines is 2. The van der Waals surface area contributed by atoms with Crippen molar-refractivity contribution in [1.29, 1.82) is 0 Å². The average molecular weight is 411 g/mol. The van der Waals surface area contributed by atoms with Crippen molar-refractivity contribution < 1.29 is 27.5 Å². The molecule has 0 aromatic heterocycles. The van der Waals surface area contributed by atoms with Crippen molar-refractivity contribution in [3.8, 4) is 0 Å². The van der Waals surface area contributed by atoms with E-state index in [9.17, 15) is 22.4 Å². The minimum absolute atomic E-state index is 0.0188. The normalized spacial score (nSPS) is 11.3. The molecule has 0 aliphatic heterocycles. The monoisotopic (exact) mass is 410 g/mol. The van der Waals surface area contributed by atoms with Gasteiger partial charge in [-0.05, 0) is 30.3 Å². The first-order chi connectivity index (χ1) is 12.1. The largest absolute Gasteiger partial charge is 0.416 e. The summed E-state index contributed by atoms with van der Waals surface area (Å²) in [5.74, 6) is -1.57. The van der Waals surface area contributed by atoms with Crippen LogP contribution in [-0.4, -0.2) is 24.2 Å². The van der Waals surface area contributed by atoms with Crippen molar-refractivity contribution in [3.05, 3.63) is 57.3 Å². The van der Waals surface area contributed by atoms with Crippen LogP contribution in [-0.2, 0) is 6.18 Å². The Labute approximate surface area is 155 Å². The van der Waals surface area contributed by atoms with Crippen LogP contribution >= 0.6 is 23.2 Å². The summed E-state index contributed by atoms with van der Waals surface area (Å²) in [6.07, 6.45) is -4.61. The molecule has 0 unspecified atom stereocenters. The van der Waals surface area contributed by atoms with Gasteiger partial charge < -0.3 is 15.7 Å². The minimum atomic E-state index is -4.61. The van der Waals surface area contributed by atoms with Crippen LogP contribution in [0.5, 0.6) is 0 Å². The first-order valence-corrected chi connectivity index (χ1v) is 7.91. The smallest absolute Gasteiger partial charge is 0.395 e. The topological polar surface area (TPSA) is 61.4 Å². The summed E-state index contributed by atoms with van der Waals surface area (Å²) in [4.78, 5) is 11.9. The number of carbonyl (C=O) groups excluding carboxylic acids is 1. The fourth-order valence-corrected chi connectivity index (χ4v) is 2.62. The number of halogens is 6. The van der Waals surface area contributed by atoms with Crippen LogP contribution in [0.15, 0.2) is 30.3 Å². The summed E-state index contributed by atoms with van der Waals surface area (Å²) in [6, 6.07) is 4.82. The molecule has 0 saturated heterocycles. The highest BCUT2D eigenvalue weighted by Gasteiger charge is 2.32. The number of nitrogens with one attached hydrogen (secondary N) is 2. The van der Waals surface area contributed by atoms with E-state index in [1.807, 2.05) is 0 Å². The Balaban J connectivity index is 2.33. The van der Waals surface area contributed by atoms with E-state index < -0.39 is 23.5 Å². The average Bonchev–Trinajstić information content (AvgIpc) is 2.56. The predicted octanol–water partition coefficient (Wildman–Crippen LogP) is 4.62. The highest BCUT2D eigenvalue weighted by molar-refractivity contribution is 6.39. The van der Waals surface area contributed by atoms with E-state index in [-0.39, 0.29) is 40.1 Å². The fraction of sp³-hybridized carbons (Fsp3) is 0.188. The van der Waals surface area contributed by atoms with Crippen molar-refractivity contribution in [2.45, 2.75) is 6.18 Å². The molecular weight excluding hydrogens is 399 g/mol. The van der Waals surface area contributed by atoms with Gasteiger partial charge in [-0.25, -0.2) is 4.39 Å². The number of aliphatic hydroxyl groups is 1. The quantitative estimate of drug-likeness (QED) is 0.630. The van der Waals surface area contributed by atoms with E-state index in [0.29, 0.717) is 12.1 Å². The minimum Gasteiger partial charge on any atom is -0.395 e. The molecule has 140 valence electrons. The second-order valence-electron chi connectivity index (χ2n) is 5.11. The zero-order chi connectivity index (χ0) is 19.5. The molecule has 0 aliphatic rings. The zero-order valence-electron chi connectivity index (χ0n) is 12.9. The van der Waals surface area contributed by atoms with Gasteiger partial charge in [0.15, 0.2) is 0 Å². The van der Waals surface area contributed by atoms with Crippen LogP contribution in [0.25, 0.3) is 0 Å². The van der Waals surface area contributed by atoms with Crippen LogP contribution < -0.4 is 10.6 Å². The van der Waals surface area contributed by atoms with Crippen LogP contribution in [0.1, 0.15) is 15.9 Å². The molecule has 26 heavy (non-hydrogen) atoms. The fourth-order valence-electron chi connectivity index (χ4n) is 2.04. The molecule has 0 heterocycles. The van der Waals surface area contributed by atoms with Gasteiger partial charge in [0.1, 0.15) is 5.82 Å². The van der Waals surface area contributed by atoms with Crippen LogP contribution in [0.4, 0.5) is 28.9 Å². The number of alkyl halides is 3. The van der Waals surface area contributed by atoms with E-state index in [1.54, 1.807) is 0 Å². The summed E-state index contributed by atoms with van der Waals surface area (Å²) >= 11 is 11.7. The molecule has 0 atom stereocenters. The maximum Gasteiger partial charge on any atom is 0.416 e. The molecular formula is C16H12Cl2F4N2O2. The second-order valence-corrected chi connectivity index (χ2v) is 5.93. The van der Waals surface area contributed by atoms with Crippen molar-refractivity contribution >= 4 is 40.5 Å². The van der Waals surface area contributed by atoms with Gasteiger partial charge in [0.2, 0.25) is 0 Å². The number of hydrogen-bond acceptors (Lipinski definition) is 3. The number of benzene rings is 2. The Morgan fingerprint density at radius 2 is 1.73 bits per heavy atom. The molecule has 0 bridgehead atoms. The second kappa shape index (κ2) is 8.11. The molecule has 10 heteroatoms. The van der Waals surface area contributed by atoms with Gasteiger partial charge >= 0.3 is 6.18 Å². The van der Waals surface area contributed by atoms with Gasteiger partial charge in [-0.2, -0.15) is 13.2 Å². The molecule has 2 aromatic rings. The Hall–Kier alpha value is -2.03. The SMILES string of the molecule is O=C(NCCO)c1cc(Nc2c(Cl)cc(C(F)(F)F)cc2Cl)ccc1F. The molecule has 0 radical (unpaired) electrons. The predicted molar refractivity (Wildman–Crippen MR) is 90.6 cm³/mol. The maximum absolute atomic E-state index is 13.8. The van der Waals surface area contributed by atoms with E-state index in [2.05, 4.69) is 10.6 Å². The molecule has 2 rings (SSSR count). The molecule has 4 nitrogen and oxygen atoms in total. The third kappa shape index (κ3) is 4.78. The Bertz CT molecular complexity index is 805. The lowest BCUT2D eigenvalue weighted by Crippen LogP contribution is -2.27. The van der Waals surface area contributed by atoms with Crippen molar-refractivity contribution in [3.63, 3.8) is 0 Å². The maximum atomic E-state index is 13.8. The standard InChI is InChI=1S/C16H12Cl2F4N2O2/c17-11-5-8(16(20,21)22)6-12(18)14(11)24-9-1-2-13(19)10(7-9)15(26)23-3-4-25/h1-2,5-7,24-25H,3-4H2,(H,23,26). The van der Waals surface area contributed by atoms with Gasteiger partial charge in [0.25, 0.3) is 5.91 Å². The molecule has 3 N–H and O–H groups in total. The number of hydrogen-bond donors (Lipinski definition) is 3. The highest BCUT2D eigenvalue weighted by Crippen LogP contribution is 2.39. The van der Waals surface area contributed by atoms with E-state index >= 15 is 0 Å². The summed E-state index contributed by atoms with van der Waals surface area (Å²) in [5, 5.41) is 13.1. The van der Waals surface area contributed by atoms with E-state index in [1.165, 1.54) is 6.07 Å². The molecule has 0 fully saturated rings. The summed E-state index contributed by atoms with van der Waals surface area (Å²) in [7, 11) is 0. The number of amides is 1. The van der Waals surface area contributed by atoms with Crippen molar-refractivity contribution in [1.82, 2.24) is 5.32 Å². The molecule has 2 aromatic carbocycles. The third-order valence-electron chi connectivity index (χ3n) is 3.25. The van der Waals surface area contributed by atoms with Crippen LogP contribution in [0, 0.1) is 5.82 Å². The molecule has 0 aliphatic carbocycles. The van der Waals surface area contributed by atoms with E-state index in [4.69, 9.17) is 28.3 Å². The Kier molecular flexibility index (Phi) is 6.33. The van der Waals surface area contributed by atoms with Gasteiger partial charge in [-0.1, -0.05) is 23.2 Å². The van der Waals surface area contributed by atoms with Crippen molar-refractivity contribution in [2.75, 3.05) is 18.5 Å². The molecule has 0 spiro atoms. The van der Waals surface area contributed by atoms with Gasteiger partial charge in [0, 0.05) is 12.2 Å². The number of carbonyl (C=O) groups is 1. The van der Waals surface area contributed by atoms with E-state index in [0.717, 1.165) is 12.1 Å². The van der Waals surface area contributed by atoms with Gasteiger partial charge in [-0.3, -0.25) is 4.79 Å². The number of aliphatic hydroxyl groups excluding tert-OH is 1. The number of rotatable bonds is 5.